The number of fused-ring (bicyclic) bond motifs is 5. The van der Waals surface area contributed by atoms with E-state index in [9.17, 15) is 9.59 Å². The zero-order valence-electron chi connectivity index (χ0n) is 15.7. The average molecular weight is 475 g/mol. The highest BCUT2D eigenvalue weighted by molar-refractivity contribution is 9.11. The van der Waals surface area contributed by atoms with Crippen LogP contribution in [0.3, 0.4) is 0 Å². The van der Waals surface area contributed by atoms with E-state index >= 15 is 0 Å². The van der Waals surface area contributed by atoms with Crippen LogP contribution in [0.15, 0.2) is 27.0 Å². The number of rotatable bonds is 3. The number of carbonyl (C=O) groups excluding carboxylic acids is 1. The lowest BCUT2D eigenvalue weighted by Gasteiger charge is -2.32. The molecule has 0 bridgehead atoms. The van der Waals surface area contributed by atoms with E-state index < -0.39 is 0 Å². The number of amides is 1. The van der Waals surface area contributed by atoms with Crippen LogP contribution in [-0.2, 0) is 4.79 Å². The molecule has 4 aromatic heterocycles. The molecule has 4 aromatic rings. The van der Waals surface area contributed by atoms with Crippen molar-refractivity contribution >= 4 is 65.6 Å². The molecule has 1 saturated heterocycles. The number of H-pyrrole nitrogens is 1. The van der Waals surface area contributed by atoms with Gasteiger partial charge >= 0.3 is 0 Å². The molecule has 0 unspecified atom stereocenters. The summed E-state index contributed by atoms with van der Waals surface area (Å²) in [5.74, 6) is -0.0734. The van der Waals surface area contributed by atoms with Crippen LogP contribution in [0, 0.1) is 0 Å². The highest BCUT2D eigenvalue weighted by Gasteiger charge is 2.21. The van der Waals surface area contributed by atoms with Crippen LogP contribution in [0.1, 0.15) is 26.2 Å². The number of pyridine rings is 2. The minimum absolute atomic E-state index is 0.0734. The third-order valence-corrected chi connectivity index (χ3v) is 7.02. The van der Waals surface area contributed by atoms with Crippen molar-refractivity contribution < 1.29 is 4.79 Å². The molecule has 1 amide bonds. The molecule has 1 aliphatic rings. The number of carbonyl (C=O) groups is 1. The second-order valence-electron chi connectivity index (χ2n) is 7.45. The summed E-state index contributed by atoms with van der Waals surface area (Å²) in [6.07, 6.45) is 6.91. The van der Waals surface area contributed by atoms with Crippen molar-refractivity contribution in [2.45, 2.75) is 32.2 Å². The molecule has 10 heteroatoms. The Labute approximate surface area is 178 Å². The summed E-state index contributed by atoms with van der Waals surface area (Å²) < 4.78 is 2.58. The fourth-order valence-corrected chi connectivity index (χ4v) is 5.44. The van der Waals surface area contributed by atoms with E-state index in [1.165, 1.54) is 17.8 Å². The number of nitrogens with zero attached hydrogens (tertiary/aromatic N) is 4. The summed E-state index contributed by atoms with van der Waals surface area (Å²) in [7, 11) is 0. The number of thiazole rings is 1. The van der Waals surface area contributed by atoms with E-state index in [2.05, 4.69) is 48.1 Å². The number of anilines is 1. The van der Waals surface area contributed by atoms with Gasteiger partial charge in [0.25, 0.3) is 5.56 Å². The largest absolute Gasteiger partial charge is 0.324 e. The van der Waals surface area contributed by atoms with Gasteiger partial charge in [0.05, 0.1) is 33.9 Å². The van der Waals surface area contributed by atoms with Crippen molar-refractivity contribution in [3.05, 3.63) is 32.6 Å². The molecule has 1 fully saturated rings. The van der Waals surface area contributed by atoms with Crippen LogP contribution < -0.4 is 10.9 Å². The molecule has 0 spiro atoms. The number of hydrogen-bond acceptors (Lipinski definition) is 6. The zero-order valence-corrected chi connectivity index (χ0v) is 18.1. The first kappa shape index (κ1) is 18.7. The zero-order chi connectivity index (χ0) is 20.1. The van der Waals surface area contributed by atoms with E-state index in [0.29, 0.717) is 40.2 Å². The molecule has 0 radical (unpaired) electrons. The summed E-state index contributed by atoms with van der Waals surface area (Å²) >= 11 is 4.87. The highest BCUT2D eigenvalue weighted by Crippen LogP contribution is 2.30. The predicted molar refractivity (Wildman–Crippen MR) is 118 cm³/mol. The minimum atomic E-state index is -0.218. The lowest BCUT2D eigenvalue weighted by molar-refractivity contribution is -0.118. The fraction of sp³-hybridized carbons (Fsp3) is 0.368. The fourth-order valence-electron chi connectivity index (χ4n) is 3.97. The van der Waals surface area contributed by atoms with Crippen molar-refractivity contribution in [3.63, 3.8) is 0 Å². The summed E-state index contributed by atoms with van der Waals surface area (Å²) in [6.45, 7) is 3.47. The first-order valence-electron chi connectivity index (χ1n) is 9.53. The van der Waals surface area contributed by atoms with Crippen molar-refractivity contribution in [2.24, 2.45) is 0 Å². The maximum Gasteiger partial charge on any atom is 0.261 e. The average Bonchev–Trinajstić information content (AvgIpc) is 3.19. The summed E-state index contributed by atoms with van der Waals surface area (Å²) in [6, 6.07) is 2.16. The quantitative estimate of drug-likeness (QED) is 0.474. The number of aromatic amines is 1. The van der Waals surface area contributed by atoms with Crippen LogP contribution in [0.4, 0.5) is 5.69 Å². The highest BCUT2D eigenvalue weighted by atomic mass is 79.9. The Morgan fingerprint density at radius 3 is 3.10 bits per heavy atom. The topological polar surface area (TPSA) is 95.4 Å². The first-order chi connectivity index (χ1) is 14.0. The van der Waals surface area contributed by atoms with Crippen LogP contribution >= 0.6 is 27.3 Å². The number of aromatic nitrogens is 4. The van der Waals surface area contributed by atoms with Gasteiger partial charge in [-0.15, -0.1) is 11.3 Å². The lowest BCUT2D eigenvalue weighted by atomic mass is 10.0. The van der Waals surface area contributed by atoms with Crippen LogP contribution in [0.2, 0.25) is 0 Å². The Kier molecular flexibility index (Phi) is 4.64. The van der Waals surface area contributed by atoms with Crippen LogP contribution in [0.25, 0.3) is 26.8 Å². The van der Waals surface area contributed by atoms with E-state index in [-0.39, 0.29) is 11.5 Å². The summed E-state index contributed by atoms with van der Waals surface area (Å²) in [4.78, 5) is 35.5. The summed E-state index contributed by atoms with van der Waals surface area (Å²) in [5, 5.41) is 7.95. The molecule has 0 aromatic carbocycles. The van der Waals surface area contributed by atoms with Gasteiger partial charge in [-0.1, -0.05) is 6.42 Å². The monoisotopic (exact) mass is 474 g/mol. The van der Waals surface area contributed by atoms with Gasteiger partial charge in [-0.05, 0) is 48.3 Å². The molecule has 5 heterocycles. The van der Waals surface area contributed by atoms with Gasteiger partial charge in [-0.2, -0.15) is 5.10 Å². The first-order valence-corrected chi connectivity index (χ1v) is 11.1. The Hall–Kier alpha value is -2.30. The van der Waals surface area contributed by atoms with E-state index in [4.69, 9.17) is 0 Å². The van der Waals surface area contributed by atoms with Gasteiger partial charge in [0.1, 0.15) is 21.3 Å². The predicted octanol–water partition coefficient (Wildman–Crippen LogP) is 3.36. The molecule has 0 saturated carbocycles. The van der Waals surface area contributed by atoms with Gasteiger partial charge in [-0.25, -0.2) is 4.52 Å². The summed E-state index contributed by atoms with van der Waals surface area (Å²) in [5.41, 5.74) is 2.06. The van der Waals surface area contributed by atoms with Crippen molar-refractivity contribution in [1.82, 2.24) is 24.5 Å². The SMILES string of the molecule is C[C@H]1CCCCN1CC(=O)Nc1cnc2c(c1)[nH]c(=O)c1c2nn2cc(Br)sc12. The number of hydrogen-bond donors (Lipinski definition) is 2. The molecule has 1 aliphatic heterocycles. The minimum Gasteiger partial charge on any atom is -0.324 e. The smallest absolute Gasteiger partial charge is 0.261 e. The Balaban J connectivity index is 1.46. The van der Waals surface area contributed by atoms with Crippen LogP contribution in [-0.4, -0.2) is 49.5 Å². The molecule has 8 nitrogen and oxygen atoms in total. The van der Waals surface area contributed by atoms with E-state index in [0.717, 1.165) is 28.0 Å². The molecule has 5 rings (SSSR count). The van der Waals surface area contributed by atoms with Gasteiger partial charge in [0, 0.05) is 6.04 Å². The lowest BCUT2D eigenvalue weighted by Crippen LogP contribution is -2.42. The second-order valence-corrected chi connectivity index (χ2v) is 9.86. The Morgan fingerprint density at radius 2 is 2.28 bits per heavy atom. The second kappa shape index (κ2) is 7.19. The molecule has 150 valence electrons. The molecule has 1 atom stereocenters. The molecule has 0 aliphatic carbocycles. The maximum atomic E-state index is 12.7. The van der Waals surface area contributed by atoms with Gasteiger partial charge in [-0.3, -0.25) is 19.5 Å². The van der Waals surface area contributed by atoms with Gasteiger partial charge in [0.2, 0.25) is 5.91 Å². The third kappa shape index (κ3) is 3.34. The molecular formula is C19H19BrN6O2S. The van der Waals surface area contributed by atoms with Gasteiger partial charge in [0.15, 0.2) is 0 Å². The van der Waals surface area contributed by atoms with Crippen molar-refractivity contribution in [2.75, 3.05) is 18.4 Å². The van der Waals surface area contributed by atoms with E-state index in [1.54, 1.807) is 16.8 Å². The van der Waals surface area contributed by atoms with Crippen molar-refractivity contribution in [3.8, 4) is 0 Å². The van der Waals surface area contributed by atoms with Crippen molar-refractivity contribution in [1.29, 1.82) is 0 Å². The number of likely N-dealkylation sites (tertiary alicyclic amines) is 1. The van der Waals surface area contributed by atoms with Gasteiger partial charge < -0.3 is 10.3 Å². The normalized spacial score (nSPS) is 18.1. The maximum absolute atomic E-state index is 12.7. The Morgan fingerprint density at radius 1 is 1.41 bits per heavy atom. The van der Waals surface area contributed by atoms with Crippen LogP contribution in [0.5, 0.6) is 0 Å². The number of piperidine rings is 1. The standard InChI is InChI=1S/C19H19BrN6O2S/c1-10-4-2-3-5-25(10)9-14(27)22-11-6-12-16(21-7-11)17-15(18(28)23-12)19-26(24-17)8-13(20)29-19/h6-8,10H,2-5,9H2,1H3,(H,22,27)(H,23,28)/t10-/m0/s1. The molecule has 2 N–H and O–H groups in total. The third-order valence-electron chi connectivity index (χ3n) is 5.44. The Bertz CT molecular complexity index is 1310. The molecule has 29 heavy (non-hydrogen) atoms. The number of nitrogens with one attached hydrogen (secondary N) is 2. The number of halogens is 1. The van der Waals surface area contributed by atoms with E-state index in [1.807, 2.05) is 6.20 Å². The molecular weight excluding hydrogens is 456 g/mol.